The van der Waals surface area contributed by atoms with Gasteiger partial charge in [0.15, 0.2) is 0 Å². The summed E-state index contributed by atoms with van der Waals surface area (Å²) in [5.74, 6) is 0.310. The zero-order chi connectivity index (χ0) is 11.5. The maximum Gasteiger partial charge on any atom is 0.316 e. The van der Waals surface area contributed by atoms with Crippen molar-refractivity contribution in [3.8, 4) is 0 Å². The summed E-state index contributed by atoms with van der Waals surface area (Å²) >= 11 is 5.78. The van der Waals surface area contributed by atoms with Crippen LogP contribution in [-0.2, 0) is 4.79 Å². The third-order valence-corrected chi connectivity index (χ3v) is 2.55. The molecule has 0 aliphatic carbocycles. The summed E-state index contributed by atoms with van der Waals surface area (Å²) in [6.45, 7) is 2.47. The SMILES string of the molecule is CC(Cl)c1nnc(NC2CCCNC2=O)o1. The number of aromatic nitrogens is 2. The fraction of sp³-hybridized carbons (Fsp3) is 0.667. The van der Waals surface area contributed by atoms with Gasteiger partial charge in [0.2, 0.25) is 11.8 Å². The van der Waals surface area contributed by atoms with E-state index in [-0.39, 0.29) is 23.3 Å². The van der Waals surface area contributed by atoms with E-state index in [9.17, 15) is 4.79 Å². The zero-order valence-corrected chi connectivity index (χ0v) is 9.62. The van der Waals surface area contributed by atoms with Crippen LogP contribution in [0.15, 0.2) is 4.42 Å². The first kappa shape index (κ1) is 11.2. The molecule has 2 rings (SSSR count). The molecular formula is C9H13ClN4O2. The lowest BCUT2D eigenvalue weighted by Gasteiger charge is -2.21. The fourth-order valence-corrected chi connectivity index (χ4v) is 1.60. The lowest BCUT2D eigenvalue weighted by molar-refractivity contribution is -0.123. The summed E-state index contributed by atoms with van der Waals surface area (Å²) in [7, 11) is 0. The van der Waals surface area contributed by atoms with Gasteiger partial charge in [0.25, 0.3) is 0 Å². The van der Waals surface area contributed by atoms with Crippen molar-refractivity contribution in [3.05, 3.63) is 5.89 Å². The molecule has 2 atom stereocenters. The summed E-state index contributed by atoms with van der Waals surface area (Å²) in [6, 6.07) is -0.0581. The number of alkyl halides is 1. The molecule has 1 aliphatic heterocycles. The molecule has 0 radical (unpaired) electrons. The first-order chi connectivity index (χ1) is 7.66. The first-order valence-electron chi connectivity index (χ1n) is 5.18. The van der Waals surface area contributed by atoms with Crippen molar-refractivity contribution in [3.63, 3.8) is 0 Å². The van der Waals surface area contributed by atoms with Gasteiger partial charge in [-0.25, -0.2) is 0 Å². The molecule has 88 valence electrons. The Labute approximate surface area is 97.7 Å². The molecule has 0 spiro atoms. The van der Waals surface area contributed by atoms with Crippen LogP contribution >= 0.6 is 11.6 Å². The molecule has 2 N–H and O–H groups in total. The van der Waals surface area contributed by atoms with Gasteiger partial charge in [0, 0.05) is 6.54 Å². The van der Waals surface area contributed by atoms with Crippen molar-refractivity contribution < 1.29 is 9.21 Å². The quantitative estimate of drug-likeness (QED) is 0.778. The van der Waals surface area contributed by atoms with Crippen LogP contribution in [0.4, 0.5) is 6.01 Å². The van der Waals surface area contributed by atoms with Gasteiger partial charge in [0.05, 0.1) is 0 Å². The Balaban J connectivity index is 1.99. The molecule has 0 aromatic carbocycles. The molecule has 1 aromatic heterocycles. The highest BCUT2D eigenvalue weighted by atomic mass is 35.5. The van der Waals surface area contributed by atoms with Crippen LogP contribution in [0.5, 0.6) is 0 Å². The smallest absolute Gasteiger partial charge is 0.316 e. The number of amides is 1. The van der Waals surface area contributed by atoms with Crippen LogP contribution in [0.2, 0.25) is 0 Å². The zero-order valence-electron chi connectivity index (χ0n) is 8.86. The summed E-state index contributed by atoms with van der Waals surface area (Å²) in [5.41, 5.74) is 0. The minimum atomic E-state index is -0.330. The number of anilines is 1. The van der Waals surface area contributed by atoms with Crippen molar-refractivity contribution in [2.45, 2.75) is 31.2 Å². The Morgan fingerprint density at radius 2 is 2.44 bits per heavy atom. The molecule has 16 heavy (non-hydrogen) atoms. The molecular weight excluding hydrogens is 232 g/mol. The van der Waals surface area contributed by atoms with Crippen molar-refractivity contribution in [1.82, 2.24) is 15.5 Å². The lowest BCUT2D eigenvalue weighted by atomic mass is 10.1. The molecule has 1 fully saturated rings. The van der Waals surface area contributed by atoms with Crippen molar-refractivity contribution in [1.29, 1.82) is 0 Å². The monoisotopic (exact) mass is 244 g/mol. The average Bonchev–Trinajstić information content (AvgIpc) is 2.70. The summed E-state index contributed by atoms with van der Waals surface area (Å²) in [5, 5.41) is 12.9. The van der Waals surface area contributed by atoms with Crippen molar-refractivity contribution in [2.75, 3.05) is 11.9 Å². The van der Waals surface area contributed by atoms with E-state index in [0.29, 0.717) is 5.89 Å². The van der Waals surface area contributed by atoms with E-state index >= 15 is 0 Å². The molecule has 2 unspecified atom stereocenters. The number of nitrogens with one attached hydrogen (secondary N) is 2. The Morgan fingerprint density at radius 3 is 3.06 bits per heavy atom. The minimum absolute atomic E-state index is 0.0371. The predicted molar refractivity (Wildman–Crippen MR) is 58.2 cm³/mol. The Bertz CT molecular complexity index is 379. The highest BCUT2D eigenvalue weighted by Gasteiger charge is 2.23. The number of nitrogens with zero attached hydrogens (tertiary/aromatic N) is 2. The second kappa shape index (κ2) is 4.69. The molecule has 0 saturated carbocycles. The maximum atomic E-state index is 11.4. The third-order valence-electron chi connectivity index (χ3n) is 2.36. The van der Waals surface area contributed by atoms with E-state index in [4.69, 9.17) is 16.0 Å². The number of halogens is 1. The Morgan fingerprint density at radius 1 is 1.62 bits per heavy atom. The normalized spacial score (nSPS) is 22.6. The second-order valence-corrected chi connectivity index (χ2v) is 4.35. The third kappa shape index (κ3) is 2.44. The highest BCUT2D eigenvalue weighted by molar-refractivity contribution is 6.20. The molecule has 1 saturated heterocycles. The van der Waals surface area contributed by atoms with Gasteiger partial charge < -0.3 is 15.1 Å². The number of carbonyl (C=O) groups excluding carboxylic acids is 1. The number of hydrogen-bond acceptors (Lipinski definition) is 5. The van der Waals surface area contributed by atoms with Crippen LogP contribution < -0.4 is 10.6 Å². The van der Waals surface area contributed by atoms with E-state index in [0.717, 1.165) is 19.4 Å². The van der Waals surface area contributed by atoms with E-state index in [1.165, 1.54) is 0 Å². The summed E-state index contributed by atoms with van der Waals surface area (Å²) in [6.07, 6.45) is 1.70. The minimum Gasteiger partial charge on any atom is -0.406 e. The number of rotatable bonds is 3. The van der Waals surface area contributed by atoms with Gasteiger partial charge >= 0.3 is 6.01 Å². The van der Waals surface area contributed by atoms with Gasteiger partial charge in [-0.1, -0.05) is 5.10 Å². The van der Waals surface area contributed by atoms with Crippen LogP contribution in [-0.4, -0.2) is 28.7 Å². The predicted octanol–water partition coefficient (Wildman–Crippen LogP) is 1.06. The maximum absolute atomic E-state index is 11.4. The topological polar surface area (TPSA) is 80.0 Å². The first-order valence-corrected chi connectivity index (χ1v) is 5.62. The fourth-order valence-electron chi connectivity index (χ4n) is 1.51. The average molecular weight is 245 g/mol. The van der Waals surface area contributed by atoms with E-state index in [1.54, 1.807) is 6.92 Å². The van der Waals surface area contributed by atoms with Gasteiger partial charge in [-0.05, 0) is 19.8 Å². The van der Waals surface area contributed by atoms with Crippen LogP contribution in [0, 0.1) is 0 Å². The molecule has 2 heterocycles. The van der Waals surface area contributed by atoms with E-state index in [2.05, 4.69) is 20.8 Å². The molecule has 1 aliphatic rings. The Hall–Kier alpha value is -1.30. The molecule has 1 aromatic rings. The largest absolute Gasteiger partial charge is 0.406 e. The standard InChI is InChI=1S/C9H13ClN4O2/c1-5(10)8-13-14-9(16-8)12-6-3-2-4-11-7(6)15/h5-6H,2-4H2,1H3,(H,11,15)(H,12,14). The molecule has 0 bridgehead atoms. The molecule has 1 amide bonds. The molecule has 6 nitrogen and oxygen atoms in total. The Kier molecular flexibility index (Phi) is 3.28. The number of piperidine rings is 1. The van der Waals surface area contributed by atoms with Crippen LogP contribution in [0.1, 0.15) is 31.0 Å². The highest BCUT2D eigenvalue weighted by Crippen LogP contribution is 2.20. The number of carbonyl (C=O) groups is 1. The lowest BCUT2D eigenvalue weighted by Crippen LogP contribution is -2.44. The number of hydrogen-bond donors (Lipinski definition) is 2. The van der Waals surface area contributed by atoms with Gasteiger partial charge in [-0.2, -0.15) is 0 Å². The van der Waals surface area contributed by atoms with Gasteiger partial charge in [-0.3, -0.25) is 4.79 Å². The molecule has 7 heteroatoms. The second-order valence-electron chi connectivity index (χ2n) is 3.69. The van der Waals surface area contributed by atoms with Gasteiger partial charge in [0.1, 0.15) is 11.4 Å². The summed E-state index contributed by atoms with van der Waals surface area (Å²) < 4.78 is 5.25. The van der Waals surface area contributed by atoms with Gasteiger partial charge in [-0.15, -0.1) is 16.7 Å². The van der Waals surface area contributed by atoms with E-state index in [1.807, 2.05) is 0 Å². The van der Waals surface area contributed by atoms with Crippen molar-refractivity contribution in [2.24, 2.45) is 0 Å². The van der Waals surface area contributed by atoms with Crippen LogP contribution in [0.3, 0.4) is 0 Å². The summed E-state index contributed by atoms with van der Waals surface area (Å²) in [4.78, 5) is 11.4. The van der Waals surface area contributed by atoms with E-state index < -0.39 is 0 Å². The van der Waals surface area contributed by atoms with Crippen LogP contribution in [0.25, 0.3) is 0 Å². The van der Waals surface area contributed by atoms with Crippen molar-refractivity contribution >= 4 is 23.5 Å².